The maximum absolute atomic E-state index is 13.1. The zero-order valence-electron chi connectivity index (χ0n) is 13.2. The van der Waals surface area contributed by atoms with Crippen LogP contribution < -0.4 is 0 Å². The summed E-state index contributed by atoms with van der Waals surface area (Å²) in [5, 5.41) is 0. The van der Waals surface area contributed by atoms with E-state index in [1.807, 2.05) is 11.8 Å². The summed E-state index contributed by atoms with van der Waals surface area (Å²) in [6.45, 7) is 8.07. The van der Waals surface area contributed by atoms with Crippen molar-refractivity contribution in [2.24, 2.45) is 22.2 Å². The maximum Gasteiger partial charge on any atom is 0.229 e. The molecule has 0 saturated heterocycles. The minimum Gasteiger partial charge on any atom is -0.331 e. The van der Waals surface area contributed by atoms with Gasteiger partial charge in [0.05, 0.1) is 12.0 Å². The monoisotopic (exact) mass is 273 g/mol. The maximum atomic E-state index is 13.1. The Kier molecular flexibility index (Phi) is 2.98. The Morgan fingerprint density at radius 3 is 2.25 bits per heavy atom. The van der Waals surface area contributed by atoms with E-state index in [4.69, 9.17) is 6.42 Å². The highest BCUT2D eigenvalue weighted by molar-refractivity contribution is 5.83. The lowest BCUT2D eigenvalue weighted by Gasteiger charge is -2.65. The molecule has 4 saturated carbocycles. The lowest BCUT2D eigenvalue weighted by molar-refractivity contribution is -0.178. The van der Waals surface area contributed by atoms with Gasteiger partial charge >= 0.3 is 0 Å². The molecule has 4 fully saturated rings. The third-order valence-electron chi connectivity index (χ3n) is 6.03. The predicted octanol–water partition coefficient (Wildman–Crippen LogP) is 3.46. The van der Waals surface area contributed by atoms with E-state index in [1.54, 1.807) is 0 Å². The second-order valence-corrected chi connectivity index (χ2v) is 8.43. The predicted molar refractivity (Wildman–Crippen MR) is 80.9 cm³/mol. The molecule has 4 bridgehead atoms. The molecule has 4 aliphatic carbocycles. The molecule has 2 nitrogen and oxygen atoms in total. The molecular formula is C18H27NO. The molecule has 1 amide bonds. The Hall–Kier alpha value is -0.970. The van der Waals surface area contributed by atoms with E-state index in [-0.39, 0.29) is 5.41 Å². The van der Waals surface area contributed by atoms with Crippen LogP contribution in [0.4, 0.5) is 0 Å². The summed E-state index contributed by atoms with van der Waals surface area (Å²) >= 11 is 0. The highest BCUT2D eigenvalue weighted by Crippen LogP contribution is 2.69. The fraction of sp³-hybridized carbons (Fsp3) is 0.833. The van der Waals surface area contributed by atoms with Crippen molar-refractivity contribution >= 4 is 5.91 Å². The first kappa shape index (κ1) is 14.0. The number of rotatable bonds is 3. The Balaban J connectivity index is 1.92. The summed E-state index contributed by atoms with van der Waals surface area (Å²) in [4.78, 5) is 15.0. The van der Waals surface area contributed by atoms with Gasteiger partial charge in [-0.3, -0.25) is 4.79 Å². The van der Waals surface area contributed by atoms with Gasteiger partial charge in [-0.1, -0.05) is 19.8 Å². The largest absolute Gasteiger partial charge is 0.331 e. The molecule has 0 heterocycles. The van der Waals surface area contributed by atoms with Gasteiger partial charge in [0.1, 0.15) is 0 Å². The van der Waals surface area contributed by atoms with Crippen molar-refractivity contribution in [1.82, 2.24) is 4.90 Å². The lowest BCUT2D eigenvalue weighted by Crippen LogP contribution is -2.60. The van der Waals surface area contributed by atoms with E-state index in [9.17, 15) is 4.79 Å². The zero-order valence-corrected chi connectivity index (χ0v) is 13.2. The average Bonchev–Trinajstić information content (AvgIpc) is 2.30. The van der Waals surface area contributed by atoms with Crippen molar-refractivity contribution in [1.29, 1.82) is 0 Å². The first-order valence-corrected chi connectivity index (χ1v) is 8.07. The first-order chi connectivity index (χ1) is 9.34. The number of nitrogens with zero attached hydrogens (tertiary/aromatic N) is 1. The van der Waals surface area contributed by atoms with Crippen LogP contribution in [0.3, 0.4) is 0 Å². The van der Waals surface area contributed by atoms with Crippen molar-refractivity contribution in [2.45, 2.75) is 59.3 Å². The summed E-state index contributed by atoms with van der Waals surface area (Å²) in [6, 6.07) is 0. The van der Waals surface area contributed by atoms with Crippen LogP contribution in [0.25, 0.3) is 0 Å². The van der Waals surface area contributed by atoms with Gasteiger partial charge in [0.15, 0.2) is 0 Å². The van der Waals surface area contributed by atoms with Crippen LogP contribution in [0.1, 0.15) is 59.3 Å². The quantitative estimate of drug-likeness (QED) is 0.721. The van der Waals surface area contributed by atoms with Crippen LogP contribution in [-0.2, 0) is 4.79 Å². The van der Waals surface area contributed by atoms with E-state index in [0.717, 1.165) is 31.7 Å². The van der Waals surface area contributed by atoms with E-state index in [0.29, 0.717) is 23.3 Å². The summed E-state index contributed by atoms with van der Waals surface area (Å²) in [7, 11) is 0. The molecule has 2 atom stereocenters. The van der Waals surface area contributed by atoms with Crippen LogP contribution >= 0.6 is 0 Å². The van der Waals surface area contributed by atoms with Crippen LogP contribution in [0, 0.1) is 34.5 Å². The van der Waals surface area contributed by atoms with E-state index >= 15 is 0 Å². The van der Waals surface area contributed by atoms with Crippen LogP contribution in [0.15, 0.2) is 0 Å². The molecule has 0 radical (unpaired) electrons. The molecule has 20 heavy (non-hydrogen) atoms. The number of hydrogen-bond acceptors (Lipinski definition) is 1. The van der Waals surface area contributed by atoms with E-state index < -0.39 is 0 Å². The van der Waals surface area contributed by atoms with Crippen molar-refractivity contribution in [3.8, 4) is 12.3 Å². The van der Waals surface area contributed by atoms with Crippen LogP contribution in [0.5, 0.6) is 0 Å². The third-order valence-corrected chi connectivity index (χ3v) is 6.03. The molecule has 0 aromatic carbocycles. The fourth-order valence-corrected chi connectivity index (χ4v) is 6.46. The second-order valence-electron chi connectivity index (χ2n) is 8.43. The molecule has 2 heteroatoms. The number of amides is 1. The van der Waals surface area contributed by atoms with Crippen LogP contribution in [0.2, 0.25) is 0 Å². The van der Waals surface area contributed by atoms with Crippen molar-refractivity contribution < 1.29 is 4.79 Å². The Morgan fingerprint density at radius 2 is 1.80 bits per heavy atom. The number of carbonyl (C=O) groups excluding carboxylic acids is 1. The van der Waals surface area contributed by atoms with Crippen molar-refractivity contribution in [2.75, 3.05) is 13.1 Å². The minimum absolute atomic E-state index is 0.101. The summed E-state index contributed by atoms with van der Waals surface area (Å²) in [6.07, 6.45) is 12.7. The standard InChI is InChI=1S/C18H27NO/c1-5-7-19(6-2)15(20)18-10-14-8-16(3,12-18)11-17(4,9-14)13-18/h1,14H,6-13H2,2-4H3. The van der Waals surface area contributed by atoms with Crippen molar-refractivity contribution in [3.63, 3.8) is 0 Å². The second kappa shape index (κ2) is 4.26. The van der Waals surface area contributed by atoms with Gasteiger partial charge in [-0.2, -0.15) is 0 Å². The minimum atomic E-state index is -0.101. The number of terminal acetylenes is 1. The first-order valence-electron chi connectivity index (χ1n) is 8.07. The Bertz CT molecular complexity index is 456. The van der Waals surface area contributed by atoms with Gasteiger partial charge in [-0.15, -0.1) is 6.42 Å². The smallest absolute Gasteiger partial charge is 0.229 e. The van der Waals surface area contributed by atoms with Gasteiger partial charge in [-0.05, 0) is 62.2 Å². The van der Waals surface area contributed by atoms with Crippen molar-refractivity contribution in [3.05, 3.63) is 0 Å². The van der Waals surface area contributed by atoms with E-state index in [2.05, 4.69) is 19.8 Å². The molecular weight excluding hydrogens is 246 g/mol. The van der Waals surface area contributed by atoms with E-state index in [1.165, 1.54) is 19.3 Å². The third kappa shape index (κ3) is 1.98. The number of carbonyl (C=O) groups is 1. The molecule has 0 spiro atoms. The Morgan fingerprint density at radius 1 is 1.20 bits per heavy atom. The van der Waals surface area contributed by atoms with Gasteiger partial charge < -0.3 is 4.90 Å². The summed E-state index contributed by atoms with van der Waals surface area (Å²) in [5.41, 5.74) is 0.675. The van der Waals surface area contributed by atoms with Gasteiger partial charge in [0.2, 0.25) is 5.91 Å². The Labute approximate surface area is 123 Å². The topological polar surface area (TPSA) is 20.3 Å². The molecule has 2 unspecified atom stereocenters. The van der Waals surface area contributed by atoms with Gasteiger partial charge in [0, 0.05) is 6.54 Å². The number of hydrogen-bond donors (Lipinski definition) is 0. The zero-order chi connectivity index (χ0) is 14.6. The molecule has 0 N–H and O–H groups in total. The highest BCUT2D eigenvalue weighted by Gasteiger charge is 2.63. The molecule has 0 aromatic rings. The molecule has 4 aliphatic rings. The van der Waals surface area contributed by atoms with Gasteiger partial charge in [0.25, 0.3) is 0 Å². The molecule has 110 valence electrons. The molecule has 0 aliphatic heterocycles. The highest BCUT2D eigenvalue weighted by atomic mass is 16.2. The average molecular weight is 273 g/mol. The summed E-state index contributed by atoms with van der Waals surface area (Å²) in [5.74, 6) is 3.76. The fourth-order valence-electron chi connectivity index (χ4n) is 6.46. The molecule has 0 aromatic heterocycles. The van der Waals surface area contributed by atoms with Gasteiger partial charge in [-0.25, -0.2) is 0 Å². The SMILES string of the molecule is C#CCN(CC)C(=O)C12CC3CC(C)(CC(C)(C3)C1)C2. The molecule has 4 rings (SSSR count). The lowest BCUT2D eigenvalue weighted by atomic mass is 9.40. The normalized spacial score (nSPS) is 45.2. The summed E-state index contributed by atoms with van der Waals surface area (Å²) < 4.78 is 0. The van der Waals surface area contributed by atoms with Crippen LogP contribution in [-0.4, -0.2) is 23.9 Å².